The SMILES string of the molecule is CCc1ccc(NC2=C(Cl)C(=O)N(c3cc(C)ccc3C)C2=O)cc1. The zero-order valence-electron chi connectivity index (χ0n) is 14.4. The van der Waals surface area contributed by atoms with Crippen molar-refractivity contribution >= 4 is 34.8 Å². The Hall–Kier alpha value is -2.59. The van der Waals surface area contributed by atoms with Crippen LogP contribution >= 0.6 is 11.6 Å². The van der Waals surface area contributed by atoms with Gasteiger partial charge in [-0.3, -0.25) is 9.59 Å². The van der Waals surface area contributed by atoms with Gasteiger partial charge in [-0.2, -0.15) is 0 Å². The van der Waals surface area contributed by atoms with Gasteiger partial charge in [-0.15, -0.1) is 0 Å². The third-order valence-electron chi connectivity index (χ3n) is 4.26. The quantitative estimate of drug-likeness (QED) is 0.833. The third kappa shape index (κ3) is 3.17. The maximum atomic E-state index is 12.8. The molecule has 1 heterocycles. The number of aryl methyl sites for hydroxylation is 3. The zero-order valence-corrected chi connectivity index (χ0v) is 15.1. The lowest BCUT2D eigenvalue weighted by Crippen LogP contribution is -2.32. The largest absolute Gasteiger partial charge is 0.350 e. The van der Waals surface area contributed by atoms with E-state index < -0.39 is 11.8 Å². The number of benzene rings is 2. The first-order valence-electron chi connectivity index (χ1n) is 8.14. The first-order chi connectivity index (χ1) is 11.9. The summed E-state index contributed by atoms with van der Waals surface area (Å²) in [6.07, 6.45) is 0.932. The van der Waals surface area contributed by atoms with E-state index in [1.165, 1.54) is 5.56 Å². The van der Waals surface area contributed by atoms with E-state index >= 15 is 0 Å². The Morgan fingerprint density at radius 3 is 2.32 bits per heavy atom. The monoisotopic (exact) mass is 354 g/mol. The minimum atomic E-state index is -0.506. The van der Waals surface area contributed by atoms with Crippen molar-refractivity contribution in [1.82, 2.24) is 0 Å². The highest BCUT2D eigenvalue weighted by Gasteiger charge is 2.39. The number of hydrogen-bond acceptors (Lipinski definition) is 3. The molecule has 2 amide bonds. The van der Waals surface area contributed by atoms with Crippen molar-refractivity contribution in [3.63, 3.8) is 0 Å². The van der Waals surface area contributed by atoms with Gasteiger partial charge in [0.1, 0.15) is 10.7 Å². The van der Waals surface area contributed by atoms with Crippen molar-refractivity contribution in [3.05, 3.63) is 69.9 Å². The van der Waals surface area contributed by atoms with Crippen LogP contribution in [0.3, 0.4) is 0 Å². The fourth-order valence-electron chi connectivity index (χ4n) is 2.76. The fourth-order valence-corrected chi connectivity index (χ4v) is 2.97. The van der Waals surface area contributed by atoms with Crippen LogP contribution in [0, 0.1) is 13.8 Å². The number of nitrogens with zero attached hydrogens (tertiary/aromatic N) is 1. The summed E-state index contributed by atoms with van der Waals surface area (Å²) in [7, 11) is 0. The number of anilines is 2. The van der Waals surface area contributed by atoms with E-state index in [9.17, 15) is 9.59 Å². The Morgan fingerprint density at radius 1 is 1.00 bits per heavy atom. The summed E-state index contributed by atoms with van der Waals surface area (Å²) in [6, 6.07) is 13.3. The van der Waals surface area contributed by atoms with Gasteiger partial charge >= 0.3 is 0 Å². The molecule has 0 saturated heterocycles. The number of carbonyl (C=O) groups is 2. The van der Waals surface area contributed by atoms with Crippen LogP contribution in [-0.2, 0) is 16.0 Å². The summed E-state index contributed by atoms with van der Waals surface area (Å²) in [5.74, 6) is -0.948. The van der Waals surface area contributed by atoms with Gasteiger partial charge in [0, 0.05) is 5.69 Å². The van der Waals surface area contributed by atoms with Crippen molar-refractivity contribution in [2.45, 2.75) is 27.2 Å². The van der Waals surface area contributed by atoms with Crippen LogP contribution in [-0.4, -0.2) is 11.8 Å². The molecule has 2 aromatic rings. The second kappa shape index (κ2) is 6.73. The topological polar surface area (TPSA) is 49.4 Å². The average Bonchev–Trinajstić information content (AvgIpc) is 2.81. The highest BCUT2D eigenvalue weighted by atomic mass is 35.5. The number of halogens is 1. The highest BCUT2D eigenvalue weighted by Crippen LogP contribution is 2.32. The van der Waals surface area contributed by atoms with E-state index in [0.29, 0.717) is 11.4 Å². The molecule has 0 bridgehead atoms. The Morgan fingerprint density at radius 2 is 1.68 bits per heavy atom. The molecule has 2 aromatic carbocycles. The minimum absolute atomic E-state index is 0.0922. The lowest BCUT2D eigenvalue weighted by Gasteiger charge is -2.18. The molecule has 0 unspecified atom stereocenters. The Kier molecular flexibility index (Phi) is 4.64. The lowest BCUT2D eigenvalue weighted by atomic mass is 10.1. The van der Waals surface area contributed by atoms with Crippen LogP contribution in [0.25, 0.3) is 0 Å². The van der Waals surface area contributed by atoms with Crippen LogP contribution < -0.4 is 10.2 Å². The first kappa shape index (κ1) is 17.2. The summed E-state index contributed by atoms with van der Waals surface area (Å²) in [6.45, 7) is 5.85. The van der Waals surface area contributed by atoms with E-state index in [2.05, 4.69) is 12.2 Å². The maximum absolute atomic E-state index is 12.8. The highest BCUT2D eigenvalue weighted by molar-refractivity contribution is 6.53. The molecule has 3 rings (SSSR count). The maximum Gasteiger partial charge on any atom is 0.283 e. The van der Waals surface area contributed by atoms with Crippen molar-refractivity contribution in [2.24, 2.45) is 0 Å². The van der Waals surface area contributed by atoms with E-state index in [-0.39, 0.29) is 10.7 Å². The fraction of sp³-hybridized carbons (Fsp3) is 0.200. The van der Waals surface area contributed by atoms with Crippen molar-refractivity contribution in [3.8, 4) is 0 Å². The molecule has 1 aliphatic heterocycles. The van der Waals surface area contributed by atoms with E-state index in [0.717, 1.165) is 22.4 Å². The molecule has 1 aliphatic rings. The summed E-state index contributed by atoms with van der Waals surface area (Å²) >= 11 is 6.17. The predicted octanol–water partition coefficient (Wildman–Crippen LogP) is 4.30. The second-order valence-corrected chi connectivity index (χ2v) is 6.48. The van der Waals surface area contributed by atoms with Crippen molar-refractivity contribution in [1.29, 1.82) is 0 Å². The van der Waals surface area contributed by atoms with Crippen LogP contribution in [0.4, 0.5) is 11.4 Å². The number of carbonyl (C=O) groups excluding carboxylic acids is 2. The molecular weight excluding hydrogens is 336 g/mol. The average molecular weight is 355 g/mol. The predicted molar refractivity (Wildman–Crippen MR) is 101 cm³/mol. The second-order valence-electron chi connectivity index (χ2n) is 6.10. The van der Waals surface area contributed by atoms with Crippen molar-refractivity contribution < 1.29 is 9.59 Å². The van der Waals surface area contributed by atoms with Gasteiger partial charge < -0.3 is 5.32 Å². The molecule has 0 atom stereocenters. The summed E-state index contributed by atoms with van der Waals surface area (Å²) in [5.41, 5.74) is 4.38. The van der Waals surface area contributed by atoms with Gasteiger partial charge in [-0.1, -0.05) is 42.8 Å². The Bertz CT molecular complexity index is 885. The molecular formula is C20H19ClN2O2. The van der Waals surface area contributed by atoms with E-state index in [1.54, 1.807) is 0 Å². The zero-order chi connectivity index (χ0) is 18.1. The van der Waals surface area contributed by atoms with Gasteiger partial charge in [-0.05, 0) is 55.2 Å². The molecule has 25 heavy (non-hydrogen) atoms. The van der Waals surface area contributed by atoms with Crippen LogP contribution in [0.1, 0.15) is 23.6 Å². The molecule has 0 saturated carbocycles. The third-order valence-corrected chi connectivity index (χ3v) is 4.62. The smallest absolute Gasteiger partial charge is 0.283 e. The van der Waals surface area contributed by atoms with Crippen LogP contribution in [0.15, 0.2) is 53.2 Å². The normalized spacial score (nSPS) is 14.5. The molecule has 5 heteroatoms. The summed E-state index contributed by atoms with van der Waals surface area (Å²) in [5, 5.41) is 2.90. The number of amides is 2. The molecule has 0 aliphatic carbocycles. The van der Waals surface area contributed by atoms with E-state index in [1.807, 2.05) is 56.3 Å². The molecule has 0 aromatic heterocycles. The molecule has 128 valence electrons. The van der Waals surface area contributed by atoms with Gasteiger partial charge in [-0.25, -0.2) is 4.90 Å². The molecule has 0 radical (unpaired) electrons. The Balaban J connectivity index is 1.92. The number of rotatable bonds is 4. The Labute approximate surface area is 152 Å². The molecule has 4 nitrogen and oxygen atoms in total. The standard InChI is InChI=1S/C20H19ClN2O2/c1-4-14-7-9-15(10-8-14)22-18-17(21)19(24)23(20(18)25)16-11-12(2)5-6-13(16)3/h5-11,22H,4H2,1-3H3. The van der Waals surface area contributed by atoms with Gasteiger partial charge in [0.15, 0.2) is 0 Å². The number of imide groups is 1. The van der Waals surface area contributed by atoms with Crippen LogP contribution in [0.5, 0.6) is 0 Å². The summed E-state index contributed by atoms with van der Waals surface area (Å²) < 4.78 is 0. The number of nitrogens with one attached hydrogen (secondary N) is 1. The summed E-state index contributed by atoms with van der Waals surface area (Å²) in [4.78, 5) is 26.5. The molecule has 0 spiro atoms. The van der Waals surface area contributed by atoms with Gasteiger partial charge in [0.25, 0.3) is 11.8 Å². The van der Waals surface area contributed by atoms with E-state index in [4.69, 9.17) is 11.6 Å². The molecule has 1 N–H and O–H groups in total. The van der Waals surface area contributed by atoms with Crippen molar-refractivity contribution in [2.75, 3.05) is 10.2 Å². The van der Waals surface area contributed by atoms with Crippen LogP contribution in [0.2, 0.25) is 0 Å². The minimum Gasteiger partial charge on any atom is -0.350 e. The molecule has 0 fully saturated rings. The number of hydrogen-bond donors (Lipinski definition) is 1. The first-order valence-corrected chi connectivity index (χ1v) is 8.52. The van der Waals surface area contributed by atoms with Gasteiger partial charge in [0.2, 0.25) is 0 Å². The van der Waals surface area contributed by atoms with Gasteiger partial charge in [0.05, 0.1) is 5.69 Å². The lowest BCUT2D eigenvalue weighted by molar-refractivity contribution is -0.120.